The molecular formula is C9H4Br2N2OS. The number of aromatic nitrogens is 2. The van der Waals surface area contributed by atoms with Crippen molar-refractivity contribution in [2.24, 2.45) is 0 Å². The van der Waals surface area contributed by atoms with Crippen LogP contribution in [0.5, 0.6) is 0 Å². The van der Waals surface area contributed by atoms with Crippen molar-refractivity contribution in [3.8, 4) is 0 Å². The van der Waals surface area contributed by atoms with Gasteiger partial charge < -0.3 is 0 Å². The second kappa shape index (κ2) is 4.51. The van der Waals surface area contributed by atoms with Gasteiger partial charge in [0.2, 0.25) is 5.78 Å². The molecule has 0 atom stereocenters. The number of carbonyl (C=O) groups is 1. The topological polar surface area (TPSA) is 42.9 Å². The Morgan fingerprint density at radius 3 is 2.47 bits per heavy atom. The molecule has 76 valence electrons. The quantitative estimate of drug-likeness (QED) is 0.783. The zero-order valence-corrected chi connectivity index (χ0v) is 11.3. The van der Waals surface area contributed by atoms with Crippen molar-refractivity contribution in [2.45, 2.75) is 0 Å². The molecule has 0 aliphatic heterocycles. The lowest BCUT2D eigenvalue weighted by atomic mass is 10.2. The third-order valence-corrected chi connectivity index (χ3v) is 4.95. The minimum absolute atomic E-state index is 0.0630. The first-order valence-corrected chi connectivity index (χ1v) is 6.33. The normalized spacial score (nSPS) is 10.3. The van der Waals surface area contributed by atoms with Crippen molar-refractivity contribution in [3.05, 3.63) is 43.5 Å². The fourth-order valence-corrected chi connectivity index (χ4v) is 3.01. The lowest BCUT2D eigenvalue weighted by molar-refractivity contribution is 0.104. The van der Waals surface area contributed by atoms with Crippen LogP contribution in [0.3, 0.4) is 0 Å². The SMILES string of the molecule is O=C(c1cncnc1)c1cc(Br)c(Br)s1. The van der Waals surface area contributed by atoms with Crippen LogP contribution in [0.2, 0.25) is 0 Å². The Bertz CT molecular complexity index is 479. The molecule has 0 aliphatic carbocycles. The first kappa shape index (κ1) is 10.9. The summed E-state index contributed by atoms with van der Waals surface area (Å²) in [6.45, 7) is 0. The van der Waals surface area contributed by atoms with E-state index in [0.29, 0.717) is 10.4 Å². The highest BCUT2D eigenvalue weighted by molar-refractivity contribution is 9.13. The molecule has 2 rings (SSSR count). The summed E-state index contributed by atoms with van der Waals surface area (Å²) in [5.74, 6) is -0.0630. The first-order valence-electron chi connectivity index (χ1n) is 3.93. The molecule has 0 fully saturated rings. The van der Waals surface area contributed by atoms with Crippen LogP contribution in [0.1, 0.15) is 15.2 Å². The van der Waals surface area contributed by atoms with Gasteiger partial charge in [-0.2, -0.15) is 0 Å². The van der Waals surface area contributed by atoms with Crippen LogP contribution in [0.4, 0.5) is 0 Å². The molecule has 2 aromatic heterocycles. The average Bonchev–Trinajstić information content (AvgIpc) is 2.59. The summed E-state index contributed by atoms with van der Waals surface area (Å²) >= 11 is 8.06. The van der Waals surface area contributed by atoms with Crippen molar-refractivity contribution in [1.29, 1.82) is 0 Å². The summed E-state index contributed by atoms with van der Waals surface area (Å²) < 4.78 is 1.79. The highest BCUT2D eigenvalue weighted by Crippen LogP contribution is 2.33. The average molecular weight is 348 g/mol. The van der Waals surface area contributed by atoms with Crippen molar-refractivity contribution in [2.75, 3.05) is 0 Å². The Morgan fingerprint density at radius 1 is 1.27 bits per heavy atom. The van der Waals surface area contributed by atoms with Gasteiger partial charge in [0.05, 0.1) is 14.2 Å². The Kier molecular flexibility index (Phi) is 3.28. The van der Waals surface area contributed by atoms with Crippen LogP contribution in [0.25, 0.3) is 0 Å². The van der Waals surface area contributed by atoms with Gasteiger partial charge in [-0.25, -0.2) is 9.97 Å². The number of rotatable bonds is 2. The fraction of sp³-hybridized carbons (Fsp3) is 0. The number of hydrogen-bond acceptors (Lipinski definition) is 4. The summed E-state index contributed by atoms with van der Waals surface area (Å²) in [6, 6.07) is 1.78. The molecule has 0 unspecified atom stereocenters. The second-order valence-electron chi connectivity index (χ2n) is 2.69. The van der Waals surface area contributed by atoms with E-state index in [2.05, 4.69) is 41.8 Å². The maximum absolute atomic E-state index is 11.9. The molecule has 0 aromatic carbocycles. The van der Waals surface area contributed by atoms with E-state index in [1.165, 1.54) is 30.1 Å². The number of halogens is 2. The second-order valence-corrected chi connectivity index (χ2v) is 5.91. The molecule has 2 aromatic rings. The largest absolute Gasteiger partial charge is 0.288 e. The van der Waals surface area contributed by atoms with Crippen LogP contribution >= 0.6 is 43.2 Å². The number of ketones is 1. The molecule has 0 aliphatic rings. The van der Waals surface area contributed by atoms with Gasteiger partial charge in [0.25, 0.3) is 0 Å². The molecular weight excluding hydrogens is 344 g/mol. The number of hydrogen-bond donors (Lipinski definition) is 0. The van der Waals surface area contributed by atoms with Crippen molar-refractivity contribution in [1.82, 2.24) is 9.97 Å². The van der Waals surface area contributed by atoms with Crippen LogP contribution in [-0.2, 0) is 0 Å². The van der Waals surface area contributed by atoms with Gasteiger partial charge in [-0.3, -0.25) is 4.79 Å². The zero-order valence-electron chi connectivity index (χ0n) is 7.28. The van der Waals surface area contributed by atoms with E-state index in [0.717, 1.165) is 8.26 Å². The maximum atomic E-state index is 11.9. The molecule has 0 spiro atoms. The minimum atomic E-state index is -0.0630. The Labute approximate surface area is 107 Å². The molecule has 0 amide bonds. The van der Waals surface area contributed by atoms with E-state index >= 15 is 0 Å². The Balaban J connectivity index is 2.37. The van der Waals surface area contributed by atoms with E-state index in [-0.39, 0.29) is 5.78 Å². The summed E-state index contributed by atoms with van der Waals surface area (Å²) in [6.07, 6.45) is 4.42. The molecule has 0 saturated carbocycles. The number of nitrogens with zero attached hydrogens (tertiary/aromatic N) is 2. The van der Waals surface area contributed by atoms with E-state index < -0.39 is 0 Å². The van der Waals surface area contributed by atoms with E-state index in [1.807, 2.05) is 0 Å². The monoisotopic (exact) mass is 346 g/mol. The predicted molar refractivity (Wildman–Crippen MR) is 65.2 cm³/mol. The van der Waals surface area contributed by atoms with Crippen molar-refractivity contribution < 1.29 is 4.79 Å². The van der Waals surface area contributed by atoms with Gasteiger partial charge in [0, 0.05) is 16.9 Å². The molecule has 2 heterocycles. The van der Waals surface area contributed by atoms with Gasteiger partial charge >= 0.3 is 0 Å². The smallest absolute Gasteiger partial charge is 0.206 e. The predicted octanol–water partition coefficient (Wildman–Crippen LogP) is 3.29. The molecule has 0 saturated heterocycles. The maximum Gasteiger partial charge on any atom is 0.206 e. The molecule has 15 heavy (non-hydrogen) atoms. The molecule has 0 bridgehead atoms. The van der Waals surface area contributed by atoms with Crippen LogP contribution < -0.4 is 0 Å². The highest BCUT2D eigenvalue weighted by atomic mass is 79.9. The third kappa shape index (κ3) is 2.32. The van der Waals surface area contributed by atoms with E-state index in [9.17, 15) is 4.79 Å². The first-order chi connectivity index (χ1) is 7.18. The summed E-state index contributed by atoms with van der Waals surface area (Å²) in [5, 5.41) is 0. The van der Waals surface area contributed by atoms with E-state index in [1.54, 1.807) is 6.07 Å². The van der Waals surface area contributed by atoms with Gasteiger partial charge in [-0.1, -0.05) is 0 Å². The minimum Gasteiger partial charge on any atom is -0.288 e. The highest BCUT2D eigenvalue weighted by Gasteiger charge is 2.14. The zero-order chi connectivity index (χ0) is 10.8. The van der Waals surface area contributed by atoms with Crippen LogP contribution in [0.15, 0.2) is 33.0 Å². The van der Waals surface area contributed by atoms with Crippen LogP contribution in [-0.4, -0.2) is 15.8 Å². The third-order valence-electron chi connectivity index (χ3n) is 1.69. The Hall–Kier alpha value is -0.590. The molecule has 0 radical (unpaired) electrons. The van der Waals surface area contributed by atoms with Gasteiger partial charge in [-0.15, -0.1) is 11.3 Å². The standard InChI is InChI=1S/C9H4Br2N2OS/c10-6-1-7(15-9(6)11)8(14)5-2-12-4-13-3-5/h1-4H. The number of carbonyl (C=O) groups excluding carboxylic acids is 1. The summed E-state index contributed by atoms with van der Waals surface area (Å²) in [4.78, 5) is 20.2. The van der Waals surface area contributed by atoms with E-state index in [4.69, 9.17) is 0 Å². The summed E-state index contributed by atoms with van der Waals surface area (Å²) in [5.41, 5.74) is 0.499. The fourth-order valence-electron chi connectivity index (χ4n) is 1.02. The van der Waals surface area contributed by atoms with Crippen molar-refractivity contribution in [3.63, 3.8) is 0 Å². The van der Waals surface area contributed by atoms with Crippen LogP contribution in [0, 0.1) is 0 Å². The Morgan fingerprint density at radius 2 is 1.93 bits per heavy atom. The molecule has 0 N–H and O–H groups in total. The molecule has 3 nitrogen and oxygen atoms in total. The lowest BCUT2D eigenvalue weighted by Crippen LogP contribution is -1.99. The van der Waals surface area contributed by atoms with Gasteiger partial charge in [0.15, 0.2) is 0 Å². The lowest BCUT2D eigenvalue weighted by Gasteiger charge is -1.94. The van der Waals surface area contributed by atoms with Gasteiger partial charge in [-0.05, 0) is 37.9 Å². The molecule has 6 heteroatoms. The summed E-state index contributed by atoms with van der Waals surface area (Å²) in [7, 11) is 0. The number of thiophene rings is 1. The van der Waals surface area contributed by atoms with Gasteiger partial charge in [0.1, 0.15) is 6.33 Å². The van der Waals surface area contributed by atoms with Crippen molar-refractivity contribution >= 4 is 49.0 Å².